The second kappa shape index (κ2) is 17.3. The molecule has 0 aromatic heterocycles. The zero-order valence-corrected chi connectivity index (χ0v) is 41.3. The molecule has 66 heavy (non-hydrogen) atoms. The van der Waals surface area contributed by atoms with Crippen LogP contribution in [0.3, 0.4) is 0 Å². The quantitative estimate of drug-likeness (QED) is 0.243. The molecule has 9 aliphatic carbocycles. The van der Waals surface area contributed by atoms with Crippen LogP contribution in [-0.2, 0) is 24.0 Å². The van der Waals surface area contributed by atoms with E-state index in [4.69, 9.17) is 14.2 Å². The lowest BCUT2D eigenvalue weighted by molar-refractivity contribution is -0.112. The summed E-state index contributed by atoms with van der Waals surface area (Å²) in [5, 5.41) is 30.4. The highest BCUT2D eigenvalue weighted by atomic mass is 16.5. The van der Waals surface area contributed by atoms with E-state index in [2.05, 4.69) is 102 Å². The number of allylic oxidation sites excluding steroid dienone is 6. The van der Waals surface area contributed by atoms with E-state index in [-0.39, 0.29) is 28.6 Å². The number of hydrogen-bond donors (Lipinski definition) is 3. The Kier molecular flexibility index (Phi) is 12.0. The number of methoxy groups -OCH3 is 2. The van der Waals surface area contributed by atoms with Crippen molar-refractivity contribution in [3.63, 3.8) is 0 Å². The number of phenolic OH excluding ortho intramolecular Hbond substituents is 1. The van der Waals surface area contributed by atoms with Crippen molar-refractivity contribution in [2.75, 3.05) is 14.2 Å². The molecule has 3 saturated carbocycles. The number of phenols is 1. The van der Waals surface area contributed by atoms with Crippen LogP contribution in [0.1, 0.15) is 152 Å². The van der Waals surface area contributed by atoms with Crippen LogP contribution in [0.15, 0.2) is 72.8 Å². The largest absolute Gasteiger partial charge is 0.508 e. The predicted octanol–water partition coefficient (Wildman–Crippen LogP) is 13.0. The molecule has 12 atom stereocenters. The van der Waals surface area contributed by atoms with Crippen LogP contribution in [0.25, 0.3) is 16.7 Å². The van der Waals surface area contributed by atoms with Gasteiger partial charge in [-0.2, -0.15) is 0 Å². The molecule has 0 spiro atoms. The van der Waals surface area contributed by atoms with Gasteiger partial charge in [-0.3, -0.25) is 0 Å². The zero-order chi connectivity index (χ0) is 46.3. The van der Waals surface area contributed by atoms with Crippen molar-refractivity contribution in [1.82, 2.24) is 0 Å². The van der Waals surface area contributed by atoms with Gasteiger partial charge in [0.2, 0.25) is 0 Å². The van der Waals surface area contributed by atoms with E-state index in [1.54, 1.807) is 25.9 Å². The molecule has 9 aliphatic rings. The van der Waals surface area contributed by atoms with Gasteiger partial charge in [-0.25, -0.2) is 0 Å². The van der Waals surface area contributed by atoms with Gasteiger partial charge in [-0.15, -0.1) is 0 Å². The van der Waals surface area contributed by atoms with Crippen LogP contribution in [0, 0.1) is 51.8 Å². The van der Waals surface area contributed by atoms with Crippen molar-refractivity contribution in [2.24, 2.45) is 51.8 Å². The average molecular weight is 895 g/mol. The first kappa shape index (κ1) is 45.9. The highest BCUT2D eigenvalue weighted by molar-refractivity contribution is 5.76. The summed E-state index contributed by atoms with van der Waals surface area (Å²) in [7, 11) is 3.49. The lowest BCUT2D eigenvalue weighted by atomic mass is 9.60. The van der Waals surface area contributed by atoms with E-state index in [0.29, 0.717) is 46.9 Å². The SMILES string of the molecule is COc1ccc2c(c1)CC[C@H]1C2=CC[C@@]2(C)[C@H](O)CC[C@H]12.COc1ccc2c(c1)CC[C@H]1C2=CC[C@]2(C)[C@@H]1CC[C@H]2OC(C)(C)C.C[C@@]12CC=C3c4ccc(O)cc4CC[C@@H]3[C@H]1CC[C@H]2O. The summed E-state index contributed by atoms with van der Waals surface area (Å²) in [6.45, 7) is 13.6. The lowest BCUT2D eigenvalue weighted by Crippen LogP contribution is -2.43. The minimum absolute atomic E-state index is 0.0533. The first-order valence-corrected chi connectivity index (χ1v) is 25.9. The summed E-state index contributed by atoms with van der Waals surface area (Å²) in [5.41, 5.74) is 13.5. The standard InChI is InChI=1S/C23H32O2.C19H24O2.C18H22O2/c1-22(2,3)25-21-11-10-20-19-8-6-15-14-16(24-5)7-9-17(15)18(19)12-13-23(20,21)4;1-19-10-9-15-14-6-4-13(21-2)11-12(14)3-5-16(15)17(19)7-8-18(19)20;1-18-9-8-14-13-5-3-12(19)10-11(13)2-4-15(14)16(18)6-7-17(18)20/h7,9,12,14,19-21H,6,8,10-11,13H2,1-5H3;4,6,9,11,16-18,20H,3,5,7-8,10H2,1-2H3;3,5,8,10,15-17,19-20H,2,4,6-7,9H2,1H3/t19-,20+,21+,23+;16-,17+,18+,19+;15-,16+,17+,18+/m000/s1. The van der Waals surface area contributed by atoms with Gasteiger partial charge in [0.05, 0.1) is 38.1 Å². The molecule has 6 nitrogen and oxygen atoms in total. The maximum atomic E-state index is 10.4. The number of aryl methyl sites for hydroxylation is 3. The van der Waals surface area contributed by atoms with E-state index in [0.717, 1.165) is 75.2 Å². The first-order chi connectivity index (χ1) is 31.5. The van der Waals surface area contributed by atoms with Crippen LogP contribution in [0.5, 0.6) is 17.2 Å². The van der Waals surface area contributed by atoms with Crippen LogP contribution in [0.4, 0.5) is 0 Å². The van der Waals surface area contributed by atoms with Gasteiger partial charge in [-0.1, -0.05) is 57.2 Å². The van der Waals surface area contributed by atoms with Crippen LogP contribution in [-0.4, -0.2) is 53.5 Å². The van der Waals surface area contributed by atoms with Gasteiger partial charge in [-0.05, 0) is 239 Å². The second-order valence-corrected chi connectivity index (χ2v) is 23.7. The number of benzene rings is 3. The van der Waals surface area contributed by atoms with E-state index >= 15 is 0 Å². The Morgan fingerprint density at radius 2 is 0.894 bits per heavy atom. The number of aliphatic hydroxyl groups excluding tert-OH is 2. The number of hydrogen-bond acceptors (Lipinski definition) is 6. The number of fused-ring (bicyclic) bond motifs is 15. The maximum absolute atomic E-state index is 10.4. The van der Waals surface area contributed by atoms with Crippen molar-refractivity contribution in [3.05, 3.63) is 106 Å². The number of aliphatic hydroxyl groups is 2. The van der Waals surface area contributed by atoms with Crippen LogP contribution >= 0.6 is 0 Å². The minimum Gasteiger partial charge on any atom is -0.508 e. The van der Waals surface area contributed by atoms with Crippen molar-refractivity contribution < 1.29 is 29.5 Å². The Morgan fingerprint density at radius 3 is 1.33 bits per heavy atom. The molecule has 0 heterocycles. The normalized spacial score (nSPS) is 36.5. The molecule has 354 valence electrons. The van der Waals surface area contributed by atoms with E-state index in [1.165, 1.54) is 83.1 Å². The van der Waals surface area contributed by atoms with Crippen molar-refractivity contribution >= 4 is 16.7 Å². The highest BCUT2D eigenvalue weighted by Crippen LogP contribution is 2.62. The van der Waals surface area contributed by atoms with E-state index in [1.807, 2.05) is 6.07 Å². The number of ether oxygens (including phenoxy) is 3. The summed E-state index contributed by atoms with van der Waals surface area (Å²) in [6.07, 6.45) is 24.5. The van der Waals surface area contributed by atoms with Gasteiger partial charge in [0.25, 0.3) is 0 Å². The van der Waals surface area contributed by atoms with Crippen molar-refractivity contribution in [3.8, 4) is 17.2 Å². The second-order valence-electron chi connectivity index (χ2n) is 23.7. The highest BCUT2D eigenvalue weighted by Gasteiger charge is 2.55. The summed E-state index contributed by atoms with van der Waals surface area (Å²) < 4.78 is 17.3. The van der Waals surface area contributed by atoms with Gasteiger partial charge >= 0.3 is 0 Å². The molecule has 0 saturated heterocycles. The zero-order valence-electron chi connectivity index (χ0n) is 41.3. The van der Waals surface area contributed by atoms with E-state index in [9.17, 15) is 15.3 Å². The maximum Gasteiger partial charge on any atom is 0.119 e. The fourth-order valence-electron chi connectivity index (χ4n) is 15.6. The summed E-state index contributed by atoms with van der Waals surface area (Å²) >= 11 is 0. The fourth-order valence-corrected chi connectivity index (χ4v) is 15.6. The molecular weight excluding hydrogens is 817 g/mol. The van der Waals surface area contributed by atoms with Crippen LogP contribution in [0.2, 0.25) is 0 Å². The number of rotatable bonds is 3. The topological polar surface area (TPSA) is 88.4 Å². The molecule has 0 amide bonds. The Balaban J connectivity index is 0.000000117. The molecule has 3 N–H and O–H groups in total. The molecule has 0 unspecified atom stereocenters. The summed E-state index contributed by atoms with van der Waals surface area (Å²) in [4.78, 5) is 0. The monoisotopic (exact) mass is 895 g/mol. The molecular formula is C60H78O6. The molecule has 3 fully saturated rings. The smallest absolute Gasteiger partial charge is 0.119 e. The summed E-state index contributed by atoms with van der Waals surface area (Å²) in [6, 6.07) is 19.0. The molecule has 0 bridgehead atoms. The van der Waals surface area contributed by atoms with Crippen molar-refractivity contribution in [2.45, 2.75) is 162 Å². The third-order valence-electron chi connectivity index (χ3n) is 19.3. The predicted molar refractivity (Wildman–Crippen MR) is 266 cm³/mol. The molecule has 0 radical (unpaired) electrons. The molecule has 0 aliphatic heterocycles. The summed E-state index contributed by atoms with van der Waals surface area (Å²) in [5.74, 6) is 6.30. The van der Waals surface area contributed by atoms with Gasteiger partial charge in [0.1, 0.15) is 17.2 Å². The molecule has 6 heteroatoms. The van der Waals surface area contributed by atoms with E-state index < -0.39 is 0 Å². The van der Waals surface area contributed by atoms with Gasteiger partial charge in [0, 0.05) is 16.2 Å². The minimum atomic E-state index is -0.133. The Bertz CT molecular complexity index is 2420. The first-order valence-electron chi connectivity index (χ1n) is 25.9. The number of aromatic hydroxyl groups is 1. The molecule has 3 aromatic carbocycles. The van der Waals surface area contributed by atoms with Gasteiger partial charge < -0.3 is 29.5 Å². The van der Waals surface area contributed by atoms with Gasteiger partial charge in [0.15, 0.2) is 0 Å². The van der Waals surface area contributed by atoms with Crippen LogP contribution < -0.4 is 9.47 Å². The Hall–Kier alpha value is -3.84. The van der Waals surface area contributed by atoms with Crippen molar-refractivity contribution in [1.29, 1.82) is 0 Å². The third kappa shape index (κ3) is 7.81. The lowest BCUT2D eigenvalue weighted by Gasteiger charge is -2.47. The molecule has 12 rings (SSSR count). The Labute approximate surface area is 395 Å². The molecule has 3 aromatic rings. The Morgan fingerprint density at radius 1 is 0.500 bits per heavy atom. The average Bonchev–Trinajstić information content (AvgIpc) is 3.92. The third-order valence-corrected chi connectivity index (χ3v) is 19.3. The fraction of sp³-hybridized carbons (Fsp3) is 0.600.